The molecular formula is C7H16NO. The van der Waals surface area contributed by atoms with Gasteiger partial charge < -0.3 is 4.84 Å². The van der Waals surface area contributed by atoms with Crippen molar-refractivity contribution in [3.63, 3.8) is 0 Å². The van der Waals surface area contributed by atoms with E-state index in [2.05, 4.69) is 26.4 Å². The molecule has 0 spiro atoms. The Bertz CT molecular complexity index is 54.9. The normalized spacial score (nSPS) is 10.7. The molecule has 55 valence electrons. The van der Waals surface area contributed by atoms with Crippen molar-refractivity contribution < 1.29 is 4.84 Å². The first-order valence-electron chi connectivity index (χ1n) is 3.41. The monoisotopic (exact) mass is 130 g/mol. The van der Waals surface area contributed by atoms with Crippen molar-refractivity contribution in [1.82, 2.24) is 5.48 Å². The van der Waals surface area contributed by atoms with Crippen LogP contribution in [-0.4, -0.2) is 6.61 Å². The Morgan fingerprint density at radius 2 is 2.22 bits per heavy atom. The minimum Gasteiger partial charge on any atom is -0.302 e. The van der Waals surface area contributed by atoms with Gasteiger partial charge in [-0.25, -0.2) is 5.48 Å². The summed E-state index contributed by atoms with van der Waals surface area (Å²) in [5, 5.41) is 0. The maximum atomic E-state index is 4.82. The van der Waals surface area contributed by atoms with E-state index in [1.807, 2.05) is 0 Å². The SMILES string of the molecule is [CH2]NOCCCC(C)C. The van der Waals surface area contributed by atoms with Crippen molar-refractivity contribution in [3.05, 3.63) is 7.05 Å². The molecule has 9 heavy (non-hydrogen) atoms. The van der Waals surface area contributed by atoms with Crippen molar-refractivity contribution in [3.8, 4) is 0 Å². The van der Waals surface area contributed by atoms with Gasteiger partial charge in [-0.1, -0.05) is 13.8 Å². The van der Waals surface area contributed by atoms with Crippen LogP contribution in [0.2, 0.25) is 0 Å². The average molecular weight is 130 g/mol. The number of nitrogens with one attached hydrogen (secondary N) is 1. The van der Waals surface area contributed by atoms with Crippen LogP contribution in [0, 0.1) is 13.0 Å². The zero-order valence-corrected chi connectivity index (χ0v) is 6.31. The molecule has 1 N–H and O–H groups in total. The largest absolute Gasteiger partial charge is 0.302 e. The fourth-order valence-corrected chi connectivity index (χ4v) is 0.636. The molecule has 0 bridgehead atoms. The predicted octanol–water partition coefficient (Wildman–Crippen LogP) is 1.74. The van der Waals surface area contributed by atoms with Crippen LogP contribution in [0.4, 0.5) is 0 Å². The van der Waals surface area contributed by atoms with Gasteiger partial charge in [-0.15, -0.1) is 0 Å². The molecule has 2 heteroatoms. The molecule has 0 aliphatic rings. The summed E-state index contributed by atoms with van der Waals surface area (Å²) in [4.78, 5) is 4.82. The molecule has 0 aliphatic carbocycles. The van der Waals surface area contributed by atoms with Gasteiger partial charge in [-0.2, -0.15) is 0 Å². The topological polar surface area (TPSA) is 21.3 Å². The highest BCUT2D eigenvalue weighted by molar-refractivity contribution is 4.43. The number of hydrogen-bond donors (Lipinski definition) is 1. The van der Waals surface area contributed by atoms with Crippen LogP contribution in [0.15, 0.2) is 0 Å². The Morgan fingerprint density at radius 1 is 1.56 bits per heavy atom. The van der Waals surface area contributed by atoms with E-state index in [0.29, 0.717) is 0 Å². The number of rotatable bonds is 5. The standard InChI is InChI=1S/C7H16NO/c1-7(2)5-4-6-9-8-3/h7-8H,3-6H2,1-2H3. The third kappa shape index (κ3) is 7.92. The van der Waals surface area contributed by atoms with Crippen LogP contribution in [0.3, 0.4) is 0 Å². The summed E-state index contributed by atoms with van der Waals surface area (Å²) < 4.78 is 0. The molecule has 0 atom stereocenters. The summed E-state index contributed by atoms with van der Waals surface area (Å²) in [5.41, 5.74) is 2.39. The van der Waals surface area contributed by atoms with E-state index < -0.39 is 0 Å². The summed E-state index contributed by atoms with van der Waals surface area (Å²) >= 11 is 0. The molecule has 0 aromatic heterocycles. The average Bonchev–Trinajstić information content (AvgIpc) is 1.80. The first-order valence-corrected chi connectivity index (χ1v) is 3.41. The van der Waals surface area contributed by atoms with Crippen LogP contribution < -0.4 is 5.48 Å². The highest BCUT2D eigenvalue weighted by Gasteiger charge is 1.92. The van der Waals surface area contributed by atoms with E-state index >= 15 is 0 Å². The molecule has 0 rings (SSSR count). The summed E-state index contributed by atoms with van der Waals surface area (Å²) in [6, 6.07) is 0. The van der Waals surface area contributed by atoms with Gasteiger partial charge >= 0.3 is 0 Å². The summed E-state index contributed by atoms with van der Waals surface area (Å²) in [5.74, 6) is 0.776. The van der Waals surface area contributed by atoms with E-state index in [4.69, 9.17) is 4.84 Å². The van der Waals surface area contributed by atoms with Crippen molar-refractivity contribution in [2.75, 3.05) is 6.61 Å². The second kappa shape index (κ2) is 6.05. The highest BCUT2D eigenvalue weighted by atomic mass is 16.6. The lowest BCUT2D eigenvalue weighted by molar-refractivity contribution is 0.0647. The Hall–Kier alpha value is -0.0800. The van der Waals surface area contributed by atoms with Crippen molar-refractivity contribution in [2.24, 2.45) is 5.92 Å². The predicted molar refractivity (Wildman–Crippen MR) is 38.5 cm³/mol. The van der Waals surface area contributed by atoms with Crippen molar-refractivity contribution >= 4 is 0 Å². The minimum atomic E-state index is 0.766. The van der Waals surface area contributed by atoms with Gasteiger partial charge in [0, 0.05) is 7.05 Å². The Balaban J connectivity index is 2.75. The highest BCUT2D eigenvalue weighted by Crippen LogP contribution is 2.02. The lowest BCUT2D eigenvalue weighted by Crippen LogP contribution is -2.06. The molecular weight excluding hydrogens is 114 g/mol. The fourth-order valence-electron chi connectivity index (χ4n) is 0.636. The second-order valence-corrected chi connectivity index (χ2v) is 2.53. The smallest absolute Gasteiger partial charge is 0.0682 e. The van der Waals surface area contributed by atoms with Gasteiger partial charge in [0.25, 0.3) is 0 Å². The maximum Gasteiger partial charge on any atom is 0.0682 e. The molecule has 1 radical (unpaired) electrons. The molecule has 0 saturated carbocycles. The van der Waals surface area contributed by atoms with Gasteiger partial charge in [-0.05, 0) is 18.8 Å². The van der Waals surface area contributed by atoms with Gasteiger partial charge in [0.05, 0.1) is 6.61 Å². The zero-order valence-electron chi connectivity index (χ0n) is 6.31. The van der Waals surface area contributed by atoms with E-state index in [1.165, 1.54) is 6.42 Å². The van der Waals surface area contributed by atoms with Crippen molar-refractivity contribution in [2.45, 2.75) is 26.7 Å². The van der Waals surface area contributed by atoms with Crippen LogP contribution in [0.25, 0.3) is 0 Å². The Kier molecular flexibility index (Phi) is 5.99. The summed E-state index contributed by atoms with van der Waals surface area (Å²) in [7, 11) is 3.33. The first-order chi connectivity index (χ1) is 4.27. The fraction of sp³-hybridized carbons (Fsp3) is 0.857. The molecule has 0 saturated heterocycles. The van der Waals surface area contributed by atoms with E-state index in [1.54, 1.807) is 0 Å². The van der Waals surface area contributed by atoms with Crippen molar-refractivity contribution in [1.29, 1.82) is 0 Å². The van der Waals surface area contributed by atoms with Crippen LogP contribution in [0.5, 0.6) is 0 Å². The zero-order chi connectivity index (χ0) is 7.11. The Morgan fingerprint density at radius 3 is 2.67 bits per heavy atom. The molecule has 0 fully saturated rings. The number of hydrogen-bond acceptors (Lipinski definition) is 2. The Labute approximate surface area is 57.5 Å². The van der Waals surface area contributed by atoms with Crippen LogP contribution in [-0.2, 0) is 4.84 Å². The quantitative estimate of drug-likeness (QED) is 0.452. The molecule has 2 nitrogen and oxygen atoms in total. The van der Waals surface area contributed by atoms with Crippen LogP contribution in [0.1, 0.15) is 26.7 Å². The summed E-state index contributed by atoms with van der Waals surface area (Å²) in [6.07, 6.45) is 2.34. The molecule has 0 unspecified atom stereocenters. The van der Waals surface area contributed by atoms with Gasteiger partial charge in [0.2, 0.25) is 0 Å². The third-order valence-corrected chi connectivity index (χ3v) is 1.13. The molecule has 0 heterocycles. The second-order valence-electron chi connectivity index (χ2n) is 2.53. The molecule has 0 aromatic carbocycles. The van der Waals surface area contributed by atoms with Crippen LogP contribution >= 0.6 is 0 Å². The van der Waals surface area contributed by atoms with E-state index in [-0.39, 0.29) is 0 Å². The molecule has 0 amide bonds. The van der Waals surface area contributed by atoms with Gasteiger partial charge in [-0.3, -0.25) is 0 Å². The molecule has 0 aliphatic heterocycles. The minimum absolute atomic E-state index is 0.766. The molecule has 0 aromatic rings. The summed E-state index contributed by atoms with van der Waals surface area (Å²) in [6.45, 7) is 5.18. The van der Waals surface area contributed by atoms with E-state index in [0.717, 1.165) is 18.9 Å². The van der Waals surface area contributed by atoms with Gasteiger partial charge in [0.1, 0.15) is 0 Å². The van der Waals surface area contributed by atoms with Gasteiger partial charge in [0.15, 0.2) is 0 Å². The number of hydroxylamine groups is 1. The third-order valence-electron chi connectivity index (χ3n) is 1.13. The maximum absolute atomic E-state index is 4.82. The lowest BCUT2D eigenvalue weighted by Gasteiger charge is -2.03. The first kappa shape index (κ1) is 8.92. The van der Waals surface area contributed by atoms with E-state index in [9.17, 15) is 0 Å². The lowest BCUT2D eigenvalue weighted by atomic mass is 10.1.